The minimum atomic E-state index is -0.0614. The summed E-state index contributed by atoms with van der Waals surface area (Å²) < 4.78 is 5.18. The second-order valence-electron chi connectivity index (χ2n) is 25.8. The molecule has 0 aliphatic carbocycles. The van der Waals surface area contributed by atoms with Crippen LogP contribution in [-0.2, 0) is 10.8 Å². The summed E-state index contributed by atoms with van der Waals surface area (Å²) in [7, 11) is 0. The Morgan fingerprint density at radius 1 is 0.256 bits per heavy atom. The highest BCUT2D eigenvalue weighted by atomic mass is 15.2. The average Bonchev–Trinajstić information content (AvgIpc) is 1.54. The van der Waals surface area contributed by atoms with Crippen molar-refractivity contribution in [2.24, 2.45) is 0 Å². The molecule has 0 saturated carbocycles. The Hall–Kier alpha value is -10.4. The van der Waals surface area contributed by atoms with Gasteiger partial charge < -0.3 is 18.6 Å². The molecule has 0 spiro atoms. The Morgan fingerprint density at radius 3 is 1.06 bits per heavy atom. The van der Waals surface area contributed by atoms with Gasteiger partial charge in [-0.3, -0.25) is 0 Å². The Kier molecular flexibility index (Phi) is 10.8. The van der Waals surface area contributed by atoms with E-state index in [9.17, 15) is 0 Å². The van der Waals surface area contributed by atoms with Gasteiger partial charge in [-0.25, -0.2) is 0 Å². The van der Waals surface area contributed by atoms with E-state index in [1.807, 2.05) is 0 Å². The van der Waals surface area contributed by atoms with Crippen LogP contribution in [0.15, 0.2) is 267 Å². The van der Waals surface area contributed by atoms with Gasteiger partial charge in [-0.05, 0) is 175 Å². The van der Waals surface area contributed by atoms with Crippen LogP contribution >= 0.6 is 0 Å². The molecule has 4 aromatic heterocycles. The van der Waals surface area contributed by atoms with Crippen LogP contribution in [-0.4, -0.2) is 8.80 Å². The molecule has 0 N–H and O–H groups in total. The molecule has 13 aromatic carbocycles. The van der Waals surface area contributed by atoms with Crippen molar-refractivity contribution in [1.82, 2.24) is 8.80 Å². The lowest BCUT2D eigenvalue weighted by Gasteiger charge is -2.27. The Bertz CT molecular complexity index is 5210. The summed E-state index contributed by atoms with van der Waals surface area (Å²) >= 11 is 0. The molecule has 0 fully saturated rings. The summed E-state index contributed by atoms with van der Waals surface area (Å²) in [5, 5.41) is 14.9. The third-order valence-corrected chi connectivity index (χ3v) is 18.6. The van der Waals surface area contributed by atoms with Crippen molar-refractivity contribution in [3.05, 3.63) is 278 Å². The van der Waals surface area contributed by atoms with Crippen molar-refractivity contribution in [3.63, 3.8) is 0 Å². The van der Waals surface area contributed by atoms with Crippen LogP contribution in [0.3, 0.4) is 0 Å². The lowest BCUT2D eigenvalue weighted by molar-refractivity contribution is 0.591. The molecule has 4 heteroatoms. The maximum atomic E-state index is 2.59. The second kappa shape index (κ2) is 18.5. The molecule has 17 rings (SSSR count). The van der Waals surface area contributed by atoms with Crippen molar-refractivity contribution in [3.8, 4) is 22.3 Å². The molecule has 0 aliphatic heterocycles. The van der Waals surface area contributed by atoms with Crippen molar-refractivity contribution in [1.29, 1.82) is 0 Å². The first-order chi connectivity index (χ1) is 41.9. The molecule has 0 unspecified atom stereocenters. The van der Waals surface area contributed by atoms with Gasteiger partial charge in [-0.1, -0.05) is 199 Å². The van der Waals surface area contributed by atoms with E-state index in [2.05, 4.69) is 327 Å². The quantitative estimate of drug-likeness (QED) is 0.151. The fourth-order valence-electron chi connectivity index (χ4n) is 14.3. The highest BCUT2D eigenvalue weighted by Crippen LogP contribution is 2.52. The van der Waals surface area contributed by atoms with Crippen LogP contribution in [0.5, 0.6) is 0 Å². The summed E-state index contributed by atoms with van der Waals surface area (Å²) in [5.74, 6) is 0. The number of anilines is 6. The van der Waals surface area contributed by atoms with Crippen LogP contribution in [0.1, 0.15) is 52.7 Å². The standard InChI is InChI=1S/C82H62N4/c1-81(2,3)59-35-39-71-69(47-59)77-73(83(61-25-9-7-10-26-61)63-29-17-23-55(45-63)57-33-31-51-19-13-15-21-53(51)43-57)41-37-65-67-50-76-68(49-75(67)85(71)79(65)77)66-38-42-74(78-70-48-60(82(4,5)6)36-40-72(70)86(76)80(66)78)84(62-27-11-8-12-28-62)64-30-18-24-56(46-64)58-34-32-52-20-14-16-22-54(52)44-58/h7-50H,1-6H3. The van der Waals surface area contributed by atoms with Gasteiger partial charge in [0.25, 0.3) is 0 Å². The maximum Gasteiger partial charge on any atom is 0.0641 e. The van der Waals surface area contributed by atoms with E-state index < -0.39 is 0 Å². The summed E-state index contributed by atoms with van der Waals surface area (Å²) in [4.78, 5) is 4.97. The molecule has 0 saturated heterocycles. The van der Waals surface area contributed by atoms with Crippen LogP contribution in [0.2, 0.25) is 0 Å². The second-order valence-corrected chi connectivity index (χ2v) is 25.8. The number of fused-ring (bicyclic) bond motifs is 14. The number of rotatable bonds is 8. The number of hydrogen-bond acceptors (Lipinski definition) is 2. The third kappa shape index (κ3) is 7.62. The first-order valence-electron chi connectivity index (χ1n) is 30.2. The molecular weight excluding hydrogens is 1040 g/mol. The summed E-state index contributed by atoms with van der Waals surface area (Å²) in [6, 6.07) is 100. The van der Waals surface area contributed by atoms with Crippen molar-refractivity contribution >= 4 is 132 Å². The van der Waals surface area contributed by atoms with Crippen LogP contribution in [0.4, 0.5) is 34.1 Å². The van der Waals surface area contributed by atoms with Gasteiger partial charge in [0.05, 0.1) is 44.5 Å². The van der Waals surface area contributed by atoms with Gasteiger partial charge in [0.2, 0.25) is 0 Å². The summed E-state index contributed by atoms with van der Waals surface area (Å²) in [6.45, 7) is 14.0. The zero-order valence-electron chi connectivity index (χ0n) is 49.2. The van der Waals surface area contributed by atoms with Gasteiger partial charge >= 0.3 is 0 Å². The van der Waals surface area contributed by atoms with Gasteiger partial charge in [-0.2, -0.15) is 0 Å². The maximum absolute atomic E-state index is 2.59. The molecule has 0 amide bonds. The van der Waals surface area contributed by atoms with Gasteiger partial charge in [0.15, 0.2) is 0 Å². The molecule has 4 heterocycles. The first-order valence-corrected chi connectivity index (χ1v) is 30.2. The number of para-hydroxylation sites is 2. The molecule has 0 atom stereocenters. The monoisotopic (exact) mass is 1100 g/mol. The van der Waals surface area contributed by atoms with E-state index in [0.29, 0.717) is 0 Å². The molecular formula is C82H62N4. The largest absolute Gasteiger partial charge is 0.310 e. The van der Waals surface area contributed by atoms with Gasteiger partial charge in [0.1, 0.15) is 0 Å². The fourth-order valence-corrected chi connectivity index (χ4v) is 14.3. The summed E-state index contributed by atoms with van der Waals surface area (Å²) in [5.41, 5.74) is 21.3. The number of benzene rings is 13. The molecule has 4 nitrogen and oxygen atoms in total. The topological polar surface area (TPSA) is 15.3 Å². The van der Waals surface area contributed by atoms with Crippen molar-refractivity contribution in [2.75, 3.05) is 9.80 Å². The molecule has 0 bridgehead atoms. The van der Waals surface area contributed by atoms with E-state index in [4.69, 9.17) is 0 Å². The number of hydrogen-bond donors (Lipinski definition) is 0. The number of nitrogens with zero attached hydrogens (tertiary/aromatic N) is 4. The minimum absolute atomic E-state index is 0.0614. The van der Waals surface area contributed by atoms with E-state index in [1.165, 1.54) is 131 Å². The van der Waals surface area contributed by atoms with Crippen molar-refractivity contribution in [2.45, 2.75) is 52.4 Å². The lowest BCUT2D eigenvalue weighted by Crippen LogP contribution is -2.11. The lowest BCUT2D eigenvalue weighted by atomic mass is 9.86. The van der Waals surface area contributed by atoms with E-state index in [1.54, 1.807) is 0 Å². The minimum Gasteiger partial charge on any atom is -0.310 e. The van der Waals surface area contributed by atoms with Crippen LogP contribution < -0.4 is 9.80 Å². The molecule has 17 aromatic rings. The highest BCUT2D eigenvalue weighted by molar-refractivity contribution is 6.32. The van der Waals surface area contributed by atoms with Crippen molar-refractivity contribution < 1.29 is 0 Å². The van der Waals surface area contributed by atoms with Gasteiger partial charge in [-0.15, -0.1) is 0 Å². The van der Waals surface area contributed by atoms with E-state index in [0.717, 1.165) is 34.1 Å². The first kappa shape index (κ1) is 50.1. The molecule has 0 aliphatic rings. The zero-order valence-corrected chi connectivity index (χ0v) is 49.2. The smallest absolute Gasteiger partial charge is 0.0641 e. The number of aromatic nitrogens is 2. The Balaban J connectivity index is 0.921. The molecule has 410 valence electrons. The molecule has 0 radical (unpaired) electrons. The Morgan fingerprint density at radius 2 is 0.640 bits per heavy atom. The third-order valence-electron chi connectivity index (χ3n) is 18.6. The SMILES string of the molecule is CC(C)(C)c1ccc2c(c1)c1c(N(c3ccccc3)c3cccc(-c4ccc5ccccc5c4)c3)ccc3c4cc5c(cc4n2c31)c1ccc(N(c2ccccc2)c2cccc(-c3ccc4ccccc4c3)c2)c2c3cc(C(C)(C)C)ccc3n5c12. The van der Waals surface area contributed by atoms with Crippen LogP contribution in [0, 0.1) is 0 Å². The van der Waals surface area contributed by atoms with E-state index >= 15 is 0 Å². The van der Waals surface area contributed by atoms with E-state index in [-0.39, 0.29) is 10.8 Å². The highest BCUT2D eigenvalue weighted by Gasteiger charge is 2.30. The predicted molar refractivity (Wildman–Crippen MR) is 368 cm³/mol. The summed E-state index contributed by atoms with van der Waals surface area (Å²) in [6.07, 6.45) is 0. The fraction of sp³-hybridized carbons (Fsp3) is 0.0976. The predicted octanol–water partition coefficient (Wildman–Crippen LogP) is 23.2. The Labute approximate surface area is 500 Å². The van der Waals surface area contributed by atoms with Crippen LogP contribution in [0.25, 0.3) is 120 Å². The molecule has 86 heavy (non-hydrogen) atoms. The van der Waals surface area contributed by atoms with Gasteiger partial charge in [0, 0.05) is 65.8 Å². The average molecular weight is 1100 g/mol. The normalized spacial score (nSPS) is 12.5. The zero-order chi connectivity index (χ0) is 57.7.